The van der Waals surface area contributed by atoms with Gasteiger partial charge in [-0.1, -0.05) is 13.8 Å². The minimum Gasteiger partial charge on any atom is -0.380 e. The molecule has 16 heavy (non-hydrogen) atoms. The molecule has 1 heterocycles. The summed E-state index contributed by atoms with van der Waals surface area (Å²) in [5.41, 5.74) is 0. The van der Waals surface area contributed by atoms with Crippen LogP contribution >= 0.6 is 0 Å². The van der Waals surface area contributed by atoms with Crippen LogP contribution in [0.1, 0.15) is 40.0 Å². The molecule has 2 atom stereocenters. The van der Waals surface area contributed by atoms with Crippen molar-refractivity contribution in [2.24, 2.45) is 0 Å². The van der Waals surface area contributed by atoms with E-state index in [0.717, 1.165) is 26.3 Å². The van der Waals surface area contributed by atoms with E-state index in [2.05, 4.69) is 31.0 Å². The highest BCUT2D eigenvalue weighted by Crippen LogP contribution is 2.10. The molecule has 3 nitrogen and oxygen atoms in total. The largest absolute Gasteiger partial charge is 0.380 e. The van der Waals surface area contributed by atoms with E-state index in [1.165, 1.54) is 25.8 Å². The SMILES string of the molecule is CCCNC(CC)C(C)N1CCCOCC1. The Morgan fingerprint density at radius 3 is 2.75 bits per heavy atom. The second-order valence-corrected chi connectivity index (χ2v) is 4.71. The van der Waals surface area contributed by atoms with Crippen LogP contribution in [0.4, 0.5) is 0 Å². The van der Waals surface area contributed by atoms with E-state index in [9.17, 15) is 0 Å². The maximum Gasteiger partial charge on any atom is 0.0593 e. The Balaban J connectivity index is 2.41. The average Bonchev–Trinajstić information content (AvgIpc) is 2.58. The van der Waals surface area contributed by atoms with E-state index in [4.69, 9.17) is 4.74 Å². The summed E-state index contributed by atoms with van der Waals surface area (Å²) in [5.74, 6) is 0. The molecule has 0 aliphatic carbocycles. The van der Waals surface area contributed by atoms with Crippen molar-refractivity contribution < 1.29 is 4.74 Å². The molecule has 0 radical (unpaired) electrons. The topological polar surface area (TPSA) is 24.5 Å². The van der Waals surface area contributed by atoms with E-state index in [1.807, 2.05) is 0 Å². The van der Waals surface area contributed by atoms with Crippen molar-refractivity contribution in [1.82, 2.24) is 10.2 Å². The fourth-order valence-corrected chi connectivity index (χ4v) is 2.41. The van der Waals surface area contributed by atoms with Crippen LogP contribution < -0.4 is 5.32 Å². The molecule has 0 aromatic carbocycles. The molecule has 1 rings (SSSR count). The van der Waals surface area contributed by atoms with Crippen molar-refractivity contribution in [3.05, 3.63) is 0 Å². The summed E-state index contributed by atoms with van der Waals surface area (Å²) in [6, 6.07) is 1.25. The molecule has 96 valence electrons. The van der Waals surface area contributed by atoms with E-state index in [-0.39, 0.29) is 0 Å². The monoisotopic (exact) mass is 228 g/mol. The van der Waals surface area contributed by atoms with Crippen molar-refractivity contribution in [3.8, 4) is 0 Å². The number of hydrogen-bond donors (Lipinski definition) is 1. The molecule has 0 amide bonds. The normalized spacial score (nSPS) is 22.7. The summed E-state index contributed by atoms with van der Waals surface area (Å²) in [6.45, 7) is 12.1. The molecule has 1 saturated heterocycles. The summed E-state index contributed by atoms with van der Waals surface area (Å²) in [5, 5.41) is 3.65. The van der Waals surface area contributed by atoms with Crippen molar-refractivity contribution in [2.45, 2.75) is 52.1 Å². The molecule has 0 spiro atoms. The van der Waals surface area contributed by atoms with Crippen LogP contribution in [-0.2, 0) is 4.74 Å². The van der Waals surface area contributed by atoms with Crippen LogP contribution in [0.15, 0.2) is 0 Å². The first kappa shape index (κ1) is 13.9. The standard InChI is InChI=1S/C13H28N2O/c1-4-7-14-13(5-2)12(3)15-8-6-10-16-11-9-15/h12-14H,4-11H2,1-3H3. The Labute approximate surface area is 101 Å². The van der Waals surface area contributed by atoms with Gasteiger partial charge in [-0.15, -0.1) is 0 Å². The lowest BCUT2D eigenvalue weighted by molar-refractivity contribution is 0.125. The molecule has 2 unspecified atom stereocenters. The lowest BCUT2D eigenvalue weighted by Gasteiger charge is -2.33. The molecule has 3 heteroatoms. The van der Waals surface area contributed by atoms with Gasteiger partial charge in [-0.05, 0) is 32.7 Å². The lowest BCUT2D eigenvalue weighted by atomic mass is 10.1. The molecular weight excluding hydrogens is 200 g/mol. The van der Waals surface area contributed by atoms with Gasteiger partial charge in [0.1, 0.15) is 0 Å². The minimum absolute atomic E-state index is 0.623. The zero-order valence-corrected chi connectivity index (χ0v) is 11.2. The van der Waals surface area contributed by atoms with Gasteiger partial charge in [-0.25, -0.2) is 0 Å². The lowest BCUT2D eigenvalue weighted by Crippen LogP contribution is -2.49. The van der Waals surface area contributed by atoms with Gasteiger partial charge in [0.15, 0.2) is 0 Å². The summed E-state index contributed by atoms with van der Waals surface area (Å²) >= 11 is 0. The van der Waals surface area contributed by atoms with Gasteiger partial charge < -0.3 is 10.1 Å². The predicted octanol–water partition coefficient (Wildman–Crippen LogP) is 1.88. The van der Waals surface area contributed by atoms with Crippen molar-refractivity contribution in [1.29, 1.82) is 0 Å². The summed E-state index contributed by atoms with van der Waals surface area (Å²) < 4.78 is 5.51. The summed E-state index contributed by atoms with van der Waals surface area (Å²) in [4.78, 5) is 2.57. The molecule has 0 aromatic rings. The maximum absolute atomic E-state index is 5.51. The first-order chi connectivity index (χ1) is 7.79. The number of ether oxygens (including phenoxy) is 1. The smallest absolute Gasteiger partial charge is 0.0593 e. The Hall–Kier alpha value is -0.120. The summed E-state index contributed by atoms with van der Waals surface area (Å²) in [6.07, 6.45) is 3.60. The van der Waals surface area contributed by atoms with E-state index >= 15 is 0 Å². The van der Waals surface area contributed by atoms with Crippen LogP contribution in [0, 0.1) is 0 Å². The third-order valence-electron chi connectivity index (χ3n) is 3.51. The Kier molecular flexibility index (Phi) is 7.01. The van der Waals surface area contributed by atoms with Gasteiger partial charge in [0.05, 0.1) is 6.61 Å². The first-order valence-electron chi connectivity index (χ1n) is 6.84. The summed E-state index contributed by atoms with van der Waals surface area (Å²) in [7, 11) is 0. The zero-order valence-electron chi connectivity index (χ0n) is 11.2. The fraction of sp³-hybridized carbons (Fsp3) is 1.00. The highest BCUT2D eigenvalue weighted by Gasteiger charge is 2.22. The van der Waals surface area contributed by atoms with Crippen LogP contribution in [0.25, 0.3) is 0 Å². The number of nitrogens with one attached hydrogen (secondary N) is 1. The van der Waals surface area contributed by atoms with E-state index in [1.54, 1.807) is 0 Å². The van der Waals surface area contributed by atoms with Crippen molar-refractivity contribution in [2.75, 3.05) is 32.8 Å². The molecule has 1 aliphatic rings. The third kappa shape index (κ3) is 4.40. The van der Waals surface area contributed by atoms with Crippen LogP contribution in [0.5, 0.6) is 0 Å². The van der Waals surface area contributed by atoms with Crippen LogP contribution in [0.2, 0.25) is 0 Å². The van der Waals surface area contributed by atoms with Crippen LogP contribution in [0.3, 0.4) is 0 Å². The highest BCUT2D eigenvalue weighted by molar-refractivity contribution is 4.81. The number of nitrogens with zero attached hydrogens (tertiary/aromatic N) is 1. The minimum atomic E-state index is 0.623. The van der Waals surface area contributed by atoms with Gasteiger partial charge in [0, 0.05) is 31.8 Å². The molecular formula is C13H28N2O. The third-order valence-corrected chi connectivity index (χ3v) is 3.51. The second kappa shape index (κ2) is 8.04. The predicted molar refractivity (Wildman–Crippen MR) is 68.8 cm³/mol. The Morgan fingerprint density at radius 2 is 2.06 bits per heavy atom. The van der Waals surface area contributed by atoms with Crippen LogP contribution in [-0.4, -0.2) is 49.8 Å². The fourth-order valence-electron chi connectivity index (χ4n) is 2.41. The second-order valence-electron chi connectivity index (χ2n) is 4.71. The molecule has 0 bridgehead atoms. The van der Waals surface area contributed by atoms with Gasteiger partial charge in [-0.3, -0.25) is 4.90 Å². The molecule has 0 saturated carbocycles. The number of hydrogen-bond acceptors (Lipinski definition) is 3. The highest BCUT2D eigenvalue weighted by atomic mass is 16.5. The van der Waals surface area contributed by atoms with Gasteiger partial charge >= 0.3 is 0 Å². The van der Waals surface area contributed by atoms with E-state index < -0.39 is 0 Å². The number of rotatable bonds is 6. The quantitative estimate of drug-likeness (QED) is 0.751. The Morgan fingerprint density at radius 1 is 1.25 bits per heavy atom. The molecule has 1 N–H and O–H groups in total. The van der Waals surface area contributed by atoms with Crippen molar-refractivity contribution in [3.63, 3.8) is 0 Å². The molecule has 1 fully saturated rings. The zero-order chi connectivity index (χ0) is 11.8. The average molecular weight is 228 g/mol. The Bertz CT molecular complexity index is 167. The molecule has 1 aliphatic heterocycles. The van der Waals surface area contributed by atoms with E-state index in [0.29, 0.717) is 12.1 Å². The van der Waals surface area contributed by atoms with Crippen molar-refractivity contribution >= 4 is 0 Å². The molecule has 0 aromatic heterocycles. The van der Waals surface area contributed by atoms with Gasteiger partial charge in [0.25, 0.3) is 0 Å². The maximum atomic E-state index is 5.51. The first-order valence-corrected chi connectivity index (χ1v) is 6.84. The van der Waals surface area contributed by atoms with Gasteiger partial charge in [-0.2, -0.15) is 0 Å². The van der Waals surface area contributed by atoms with Gasteiger partial charge in [0.2, 0.25) is 0 Å².